The van der Waals surface area contributed by atoms with Gasteiger partial charge in [-0.2, -0.15) is 5.10 Å². The minimum Gasteiger partial charge on any atom is -0.497 e. The SMILES string of the molecule is C=CCC1COC2=C(C=C(F)CC2)C12CC(c1cc(F)ccc1F)=NN2C(C)=O. The van der Waals surface area contributed by atoms with Gasteiger partial charge >= 0.3 is 0 Å². The summed E-state index contributed by atoms with van der Waals surface area (Å²) < 4.78 is 48.4. The molecule has 152 valence electrons. The zero-order valence-corrected chi connectivity index (χ0v) is 16.1. The Morgan fingerprint density at radius 3 is 2.90 bits per heavy atom. The molecule has 1 aromatic rings. The van der Waals surface area contributed by atoms with Gasteiger partial charge in [-0.05, 0) is 30.7 Å². The van der Waals surface area contributed by atoms with Crippen LogP contribution in [0.5, 0.6) is 0 Å². The number of rotatable bonds is 3. The number of fused-ring (bicyclic) bond motifs is 1. The first-order valence-electron chi connectivity index (χ1n) is 9.54. The van der Waals surface area contributed by atoms with Crippen molar-refractivity contribution < 1.29 is 22.7 Å². The first-order valence-corrected chi connectivity index (χ1v) is 9.54. The number of halogens is 3. The molecule has 1 amide bonds. The molecule has 0 fully saturated rings. The molecule has 0 saturated heterocycles. The maximum Gasteiger partial charge on any atom is 0.240 e. The van der Waals surface area contributed by atoms with Crippen LogP contribution in [0, 0.1) is 17.6 Å². The summed E-state index contributed by atoms with van der Waals surface area (Å²) in [6.07, 6.45) is 4.36. The van der Waals surface area contributed by atoms with Crippen molar-refractivity contribution in [3.63, 3.8) is 0 Å². The largest absolute Gasteiger partial charge is 0.497 e. The van der Waals surface area contributed by atoms with Crippen LogP contribution < -0.4 is 0 Å². The number of hydrogen-bond donors (Lipinski definition) is 0. The Hall–Kier alpha value is -2.83. The van der Waals surface area contributed by atoms with Gasteiger partial charge in [0.1, 0.15) is 28.8 Å². The van der Waals surface area contributed by atoms with Crippen LogP contribution in [0.4, 0.5) is 13.2 Å². The molecule has 1 aromatic carbocycles. The molecule has 1 aliphatic carbocycles. The van der Waals surface area contributed by atoms with Crippen LogP contribution in [-0.2, 0) is 9.53 Å². The maximum atomic E-state index is 14.5. The highest BCUT2D eigenvalue weighted by Crippen LogP contribution is 2.50. The van der Waals surface area contributed by atoms with E-state index in [1.54, 1.807) is 6.08 Å². The Morgan fingerprint density at radius 2 is 2.17 bits per heavy atom. The molecule has 29 heavy (non-hydrogen) atoms. The van der Waals surface area contributed by atoms with Crippen molar-refractivity contribution in [1.29, 1.82) is 0 Å². The van der Waals surface area contributed by atoms with E-state index < -0.39 is 17.2 Å². The van der Waals surface area contributed by atoms with Crippen LogP contribution in [0.25, 0.3) is 0 Å². The molecular formula is C22H21F3N2O2. The number of amides is 1. The van der Waals surface area contributed by atoms with Gasteiger partial charge < -0.3 is 4.74 Å². The topological polar surface area (TPSA) is 41.9 Å². The fourth-order valence-electron chi connectivity index (χ4n) is 4.54. The second kappa shape index (κ2) is 7.21. The number of hydrazone groups is 1. The van der Waals surface area contributed by atoms with Crippen molar-refractivity contribution >= 4 is 11.6 Å². The van der Waals surface area contributed by atoms with Crippen LogP contribution in [0.2, 0.25) is 0 Å². The van der Waals surface area contributed by atoms with Crippen molar-refractivity contribution in [2.24, 2.45) is 11.0 Å². The summed E-state index contributed by atoms with van der Waals surface area (Å²) in [4.78, 5) is 12.6. The van der Waals surface area contributed by atoms with Crippen molar-refractivity contribution in [1.82, 2.24) is 5.01 Å². The lowest BCUT2D eigenvalue weighted by atomic mass is 9.69. The average molecular weight is 402 g/mol. The lowest BCUT2D eigenvalue weighted by Gasteiger charge is -2.47. The van der Waals surface area contributed by atoms with E-state index in [1.165, 1.54) is 18.0 Å². The fourth-order valence-corrected chi connectivity index (χ4v) is 4.54. The highest BCUT2D eigenvalue weighted by atomic mass is 19.1. The molecule has 2 unspecified atom stereocenters. The van der Waals surface area contributed by atoms with E-state index in [2.05, 4.69) is 11.7 Å². The Balaban J connectivity index is 1.90. The van der Waals surface area contributed by atoms with Gasteiger partial charge in [-0.25, -0.2) is 18.2 Å². The van der Waals surface area contributed by atoms with Gasteiger partial charge in [0, 0.05) is 43.2 Å². The summed E-state index contributed by atoms with van der Waals surface area (Å²) in [5.74, 6) is -1.54. The first kappa shape index (κ1) is 19.5. The lowest BCUT2D eigenvalue weighted by Crippen LogP contribution is -2.56. The summed E-state index contributed by atoms with van der Waals surface area (Å²) in [6.45, 7) is 5.45. The van der Waals surface area contributed by atoms with Gasteiger partial charge in [0.15, 0.2) is 0 Å². The number of hydrogen-bond acceptors (Lipinski definition) is 3. The number of carbonyl (C=O) groups is 1. The predicted molar refractivity (Wildman–Crippen MR) is 102 cm³/mol. The lowest BCUT2D eigenvalue weighted by molar-refractivity contribution is -0.136. The highest BCUT2D eigenvalue weighted by Gasteiger charge is 2.56. The van der Waals surface area contributed by atoms with Gasteiger partial charge in [0.05, 0.1) is 12.3 Å². The molecular weight excluding hydrogens is 381 g/mol. The van der Waals surface area contributed by atoms with Gasteiger partial charge in [-0.3, -0.25) is 4.79 Å². The van der Waals surface area contributed by atoms with Crippen molar-refractivity contribution in [2.45, 2.75) is 38.1 Å². The fraction of sp³-hybridized carbons (Fsp3) is 0.364. The second-order valence-corrected chi connectivity index (χ2v) is 7.56. The van der Waals surface area contributed by atoms with Gasteiger partial charge in [0.2, 0.25) is 5.91 Å². The molecule has 4 nitrogen and oxygen atoms in total. The number of nitrogens with zero attached hydrogens (tertiary/aromatic N) is 2. The zero-order chi connectivity index (χ0) is 20.8. The quantitative estimate of drug-likeness (QED) is 0.683. The molecule has 2 atom stereocenters. The minimum absolute atomic E-state index is 0.000573. The average Bonchev–Trinajstić information content (AvgIpc) is 3.08. The van der Waals surface area contributed by atoms with Crippen molar-refractivity contribution in [3.8, 4) is 0 Å². The maximum absolute atomic E-state index is 14.5. The van der Waals surface area contributed by atoms with Crippen LogP contribution in [-0.4, -0.2) is 28.8 Å². The molecule has 0 N–H and O–H groups in total. The second-order valence-electron chi connectivity index (χ2n) is 7.56. The molecule has 0 aromatic heterocycles. The van der Waals surface area contributed by atoms with E-state index >= 15 is 0 Å². The van der Waals surface area contributed by atoms with Crippen molar-refractivity contribution in [2.75, 3.05) is 6.61 Å². The highest BCUT2D eigenvalue weighted by molar-refractivity contribution is 6.04. The summed E-state index contributed by atoms with van der Waals surface area (Å²) in [5.41, 5.74) is -0.233. The molecule has 0 saturated carbocycles. The molecule has 0 radical (unpaired) electrons. The van der Waals surface area contributed by atoms with Crippen LogP contribution in [0.3, 0.4) is 0 Å². The summed E-state index contributed by atoms with van der Waals surface area (Å²) in [5, 5.41) is 5.70. The Labute approximate surface area is 167 Å². The molecule has 4 rings (SSSR count). The summed E-state index contributed by atoms with van der Waals surface area (Å²) in [6, 6.07) is 3.13. The van der Waals surface area contributed by atoms with Crippen LogP contribution in [0.15, 0.2) is 59.2 Å². The molecule has 2 aliphatic heterocycles. The third kappa shape index (κ3) is 3.09. The van der Waals surface area contributed by atoms with E-state index in [0.717, 1.165) is 18.2 Å². The summed E-state index contributed by atoms with van der Waals surface area (Å²) in [7, 11) is 0. The summed E-state index contributed by atoms with van der Waals surface area (Å²) >= 11 is 0. The number of carbonyl (C=O) groups excluding carboxylic acids is 1. The van der Waals surface area contributed by atoms with Crippen molar-refractivity contribution in [3.05, 3.63) is 71.3 Å². The van der Waals surface area contributed by atoms with E-state index in [4.69, 9.17) is 4.74 Å². The minimum atomic E-state index is -1.03. The van der Waals surface area contributed by atoms with Crippen LogP contribution >= 0.6 is 0 Å². The van der Waals surface area contributed by atoms with Gasteiger partial charge in [-0.15, -0.1) is 6.58 Å². The Kier molecular flexibility index (Phi) is 4.84. The van der Waals surface area contributed by atoms with Gasteiger partial charge in [-0.1, -0.05) is 6.08 Å². The molecule has 3 aliphatic rings. The van der Waals surface area contributed by atoms with E-state index in [0.29, 0.717) is 30.8 Å². The monoisotopic (exact) mass is 402 g/mol. The van der Waals surface area contributed by atoms with E-state index in [-0.39, 0.29) is 41.8 Å². The van der Waals surface area contributed by atoms with E-state index in [1.807, 2.05) is 0 Å². The van der Waals surface area contributed by atoms with Gasteiger partial charge in [0.25, 0.3) is 0 Å². The first-order chi connectivity index (χ1) is 13.9. The Bertz CT molecular complexity index is 982. The third-order valence-corrected chi connectivity index (χ3v) is 5.82. The number of benzene rings is 1. The standard InChI is InChI=1S/C22H21F3N2O2/c1-3-4-14-12-29-21-8-6-16(24)10-18(21)22(14)11-20(26-27(22)13(2)28)17-9-15(23)5-7-19(17)25/h3,5,7,9-10,14H,1,4,6,8,11-12H2,2H3. The molecule has 1 spiro atoms. The molecule has 7 heteroatoms. The smallest absolute Gasteiger partial charge is 0.240 e. The predicted octanol–water partition coefficient (Wildman–Crippen LogP) is 4.78. The number of allylic oxidation sites excluding steroid dienone is 3. The number of ether oxygens (including phenoxy) is 1. The molecule has 0 bridgehead atoms. The van der Waals surface area contributed by atoms with Crippen LogP contribution in [0.1, 0.15) is 38.2 Å². The zero-order valence-electron chi connectivity index (χ0n) is 16.1. The third-order valence-electron chi connectivity index (χ3n) is 5.82. The molecule has 2 heterocycles. The van der Waals surface area contributed by atoms with E-state index in [9.17, 15) is 18.0 Å². The Morgan fingerprint density at radius 1 is 1.38 bits per heavy atom. The normalized spacial score (nSPS) is 26.1.